The highest BCUT2D eigenvalue weighted by molar-refractivity contribution is 5.91. The molecule has 0 spiro atoms. The predicted molar refractivity (Wildman–Crippen MR) is 119 cm³/mol. The molecule has 0 saturated carbocycles. The molecule has 8 nitrogen and oxygen atoms in total. The number of carbonyl (C=O) groups is 3. The Kier molecular flexibility index (Phi) is 7.31. The van der Waals surface area contributed by atoms with Gasteiger partial charge >= 0.3 is 17.9 Å². The highest BCUT2D eigenvalue weighted by Gasteiger charge is 2.47. The van der Waals surface area contributed by atoms with Gasteiger partial charge in [-0.2, -0.15) is 0 Å². The number of aliphatic hydroxyl groups excluding tert-OH is 1. The molecule has 1 aliphatic rings. The Morgan fingerprint density at radius 2 is 1.00 bits per heavy atom. The zero-order chi connectivity index (χ0) is 23.9. The Hall–Kier alpha value is -4.01. The van der Waals surface area contributed by atoms with Gasteiger partial charge in [-0.3, -0.25) is 0 Å². The predicted octanol–water partition coefficient (Wildman–Crippen LogP) is 3.01. The summed E-state index contributed by atoms with van der Waals surface area (Å²) < 4.78 is 21.9. The minimum atomic E-state index is -1.60. The van der Waals surface area contributed by atoms with E-state index in [4.69, 9.17) is 18.9 Å². The first-order chi connectivity index (χ1) is 16.5. The van der Waals surface area contributed by atoms with Gasteiger partial charge in [0.2, 0.25) is 0 Å². The Morgan fingerprint density at radius 3 is 1.44 bits per heavy atom. The van der Waals surface area contributed by atoms with Crippen molar-refractivity contribution >= 4 is 17.9 Å². The van der Waals surface area contributed by atoms with Crippen LogP contribution in [0, 0.1) is 0 Å². The normalized spacial score (nSPS) is 21.8. The Bertz CT molecular complexity index is 1120. The van der Waals surface area contributed by atoms with Gasteiger partial charge in [-0.1, -0.05) is 54.6 Å². The maximum Gasteiger partial charge on any atom is 0.338 e. The highest BCUT2D eigenvalue weighted by Crippen LogP contribution is 2.25. The summed E-state index contributed by atoms with van der Waals surface area (Å²) in [6.45, 7) is -0.272. The van der Waals surface area contributed by atoms with Crippen LogP contribution in [0.1, 0.15) is 31.1 Å². The van der Waals surface area contributed by atoms with E-state index in [9.17, 15) is 19.5 Å². The molecule has 1 saturated heterocycles. The fourth-order valence-corrected chi connectivity index (χ4v) is 3.44. The summed E-state index contributed by atoms with van der Waals surface area (Å²) >= 11 is 0. The Morgan fingerprint density at radius 1 is 0.618 bits per heavy atom. The first kappa shape index (κ1) is 23.2. The SMILES string of the molecule is O=C(O[C@@H]1[C@H](OC(=O)c2ccccc2)[C@@H](OC(=O)c2ccccc2)CO[C@H]1O)c1ccccc1. The monoisotopic (exact) mass is 462 g/mol. The first-order valence-electron chi connectivity index (χ1n) is 10.6. The summed E-state index contributed by atoms with van der Waals surface area (Å²) in [6.07, 6.45) is -5.51. The second-order valence-electron chi connectivity index (χ2n) is 7.51. The Balaban J connectivity index is 1.59. The second-order valence-corrected chi connectivity index (χ2v) is 7.51. The lowest BCUT2D eigenvalue weighted by atomic mass is 10.0. The molecule has 174 valence electrons. The van der Waals surface area contributed by atoms with Crippen molar-refractivity contribution in [3.63, 3.8) is 0 Å². The van der Waals surface area contributed by atoms with Crippen molar-refractivity contribution in [1.29, 1.82) is 0 Å². The second kappa shape index (κ2) is 10.7. The van der Waals surface area contributed by atoms with E-state index in [1.807, 2.05) is 0 Å². The molecule has 0 radical (unpaired) electrons. The van der Waals surface area contributed by atoms with Gasteiger partial charge < -0.3 is 24.1 Å². The summed E-state index contributed by atoms with van der Waals surface area (Å²) in [4.78, 5) is 38.1. The van der Waals surface area contributed by atoms with Gasteiger partial charge in [-0.25, -0.2) is 14.4 Å². The number of rotatable bonds is 6. The summed E-state index contributed by atoms with van der Waals surface area (Å²) in [6, 6.07) is 24.5. The summed E-state index contributed by atoms with van der Waals surface area (Å²) in [5, 5.41) is 10.5. The number of hydrogen-bond donors (Lipinski definition) is 1. The minimum absolute atomic E-state index is 0.228. The molecule has 0 aromatic heterocycles. The zero-order valence-electron chi connectivity index (χ0n) is 18.0. The summed E-state index contributed by atoms with van der Waals surface area (Å²) in [5.41, 5.74) is 0.746. The van der Waals surface area contributed by atoms with Crippen LogP contribution in [-0.4, -0.2) is 54.2 Å². The molecule has 34 heavy (non-hydrogen) atoms. The largest absolute Gasteiger partial charge is 0.452 e. The van der Waals surface area contributed by atoms with Gasteiger partial charge in [-0.05, 0) is 36.4 Å². The number of benzene rings is 3. The van der Waals surface area contributed by atoms with Gasteiger partial charge in [0.25, 0.3) is 0 Å². The molecule has 1 aliphatic heterocycles. The number of carbonyl (C=O) groups excluding carboxylic acids is 3. The van der Waals surface area contributed by atoms with E-state index in [-0.39, 0.29) is 23.3 Å². The molecule has 8 heteroatoms. The van der Waals surface area contributed by atoms with Crippen LogP contribution >= 0.6 is 0 Å². The molecule has 3 aromatic rings. The van der Waals surface area contributed by atoms with E-state index in [0.717, 1.165) is 0 Å². The van der Waals surface area contributed by atoms with Crippen molar-refractivity contribution in [2.75, 3.05) is 6.61 Å². The maximum absolute atomic E-state index is 12.8. The quantitative estimate of drug-likeness (QED) is 0.440. The number of aliphatic hydroxyl groups is 1. The van der Waals surface area contributed by atoms with Crippen LogP contribution in [0.4, 0.5) is 0 Å². The fraction of sp³-hybridized carbons (Fsp3) is 0.192. The number of esters is 3. The third kappa shape index (κ3) is 5.48. The van der Waals surface area contributed by atoms with Crippen LogP contribution < -0.4 is 0 Å². The van der Waals surface area contributed by atoms with E-state index in [0.29, 0.717) is 0 Å². The molecule has 1 N–H and O–H groups in total. The lowest BCUT2D eigenvalue weighted by molar-refractivity contribution is -0.251. The van der Waals surface area contributed by atoms with Crippen LogP contribution in [0.3, 0.4) is 0 Å². The molecular weight excluding hydrogens is 440 g/mol. The molecule has 4 atom stereocenters. The first-order valence-corrected chi connectivity index (χ1v) is 10.6. The van der Waals surface area contributed by atoms with Crippen molar-refractivity contribution in [3.05, 3.63) is 108 Å². The fourth-order valence-electron chi connectivity index (χ4n) is 3.44. The molecule has 0 bridgehead atoms. The molecule has 0 aliphatic carbocycles. The topological polar surface area (TPSA) is 108 Å². The van der Waals surface area contributed by atoms with Gasteiger partial charge in [0.05, 0.1) is 23.3 Å². The summed E-state index contributed by atoms with van der Waals surface area (Å²) in [5.74, 6) is -2.18. The molecule has 1 heterocycles. The smallest absolute Gasteiger partial charge is 0.338 e. The van der Waals surface area contributed by atoms with Gasteiger partial charge in [0, 0.05) is 0 Å². The van der Waals surface area contributed by atoms with Crippen molar-refractivity contribution < 1.29 is 38.4 Å². The summed E-state index contributed by atoms with van der Waals surface area (Å²) in [7, 11) is 0. The number of ether oxygens (including phenoxy) is 4. The highest BCUT2D eigenvalue weighted by atomic mass is 16.7. The van der Waals surface area contributed by atoms with Crippen molar-refractivity contribution in [1.82, 2.24) is 0 Å². The van der Waals surface area contributed by atoms with Gasteiger partial charge in [-0.15, -0.1) is 0 Å². The van der Waals surface area contributed by atoms with E-state index in [1.165, 1.54) is 12.1 Å². The molecule has 1 fully saturated rings. The maximum atomic E-state index is 12.8. The standard InChI is InChI=1S/C26H22O8/c27-23(17-10-4-1-5-11-17)32-20-16-31-26(30)22(34-25(29)19-14-8-3-9-15-19)21(20)33-24(28)18-12-6-2-7-13-18/h1-15,20-22,26,30H,16H2/t20-,21+,22+,26+/m0/s1. The van der Waals surface area contributed by atoms with Crippen LogP contribution in [0.5, 0.6) is 0 Å². The molecular formula is C26H22O8. The zero-order valence-corrected chi connectivity index (χ0v) is 18.0. The van der Waals surface area contributed by atoms with E-state index in [1.54, 1.807) is 78.9 Å². The van der Waals surface area contributed by atoms with Crippen molar-refractivity contribution in [3.8, 4) is 0 Å². The third-order valence-electron chi connectivity index (χ3n) is 5.18. The molecule has 0 amide bonds. The van der Waals surface area contributed by atoms with E-state index >= 15 is 0 Å². The lowest BCUT2D eigenvalue weighted by Crippen LogP contribution is -2.57. The van der Waals surface area contributed by atoms with Crippen molar-refractivity contribution in [2.45, 2.75) is 24.6 Å². The lowest BCUT2D eigenvalue weighted by Gasteiger charge is -2.38. The van der Waals surface area contributed by atoms with Gasteiger partial charge in [0.1, 0.15) is 0 Å². The molecule has 0 unspecified atom stereocenters. The van der Waals surface area contributed by atoms with Gasteiger partial charge in [0.15, 0.2) is 24.6 Å². The Labute approximate surface area is 195 Å². The third-order valence-corrected chi connectivity index (χ3v) is 5.18. The molecule has 4 rings (SSSR count). The van der Waals surface area contributed by atoms with E-state index < -0.39 is 42.5 Å². The van der Waals surface area contributed by atoms with E-state index in [2.05, 4.69) is 0 Å². The number of hydrogen-bond acceptors (Lipinski definition) is 8. The minimum Gasteiger partial charge on any atom is -0.452 e. The van der Waals surface area contributed by atoms with Crippen LogP contribution in [0.25, 0.3) is 0 Å². The van der Waals surface area contributed by atoms with Crippen LogP contribution in [0.2, 0.25) is 0 Å². The average molecular weight is 462 g/mol. The molecule has 3 aromatic carbocycles. The van der Waals surface area contributed by atoms with Crippen molar-refractivity contribution in [2.24, 2.45) is 0 Å². The average Bonchev–Trinajstić information content (AvgIpc) is 2.89. The van der Waals surface area contributed by atoms with Crippen LogP contribution in [-0.2, 0) is 18.9 Å². The van der Waals surface area contributed by atoms with Crippen LogP contribution in [0.15, 0.2) is 91.0 Å².